The Morgan fingerprint density at radius 3 is 2.39 bits per heavy atom. The largest absolute Gasteiger partial charge is 0.503 e. The summed E-state index contributed by atoms with van der Waals surface area (Å²) in [5, 5.41) is 11.7. The first-order chi connectivity index (χ1) is 18.3. The Labute approximate surface area is 226 Å². The molecule has 1 aliphatic rings. The number of ketones is 1. The summed E-state index contributed by atoms with van der Waals surface area (Å²) in [6, 6.07) is 19.0. The van der Waals surface area contributed by atoms with E-state index >= 15 is 0 Å². The normalized spacial score (nSPS) is 15.3. The molecule has 4 aromatic rings. The number of hydrogen-bond acceptors (Lipinski definition) is 7. The fourth-order valence-electron chi connectivity index (χ4n) is 4.44. The Morgan fingerprint density at radius 2 is 1.74 bits per heavy atom. The second-order valence-electron chi connectivity index (χ2n) is 8.50. The quantitative estimate of drug-likeness (QED) is 0.207. The number of furan rings is 1. The van der Waals surface area contributed by atoms with Crippen molar-refractivity contribution in [3.8, 4) is 5.75 Å². The summed E-state index contributed by atoms with van der Waals surface area (Å²) in [6.07, 6.45) is 0. The van der Waals surface area contributed by atoms with E-state index in [1.165, 1.54) is 24.1 Å². The lowest BCUT2D eigenvalue weighted by atomic mass is 9.94. The zero-order valence-electron chi connectivity index (χ0n) is 20.4. The van der Waals surface area contributed by atoms with E-state index in [2.05, 4.69) is 15.9 Å². The van der Waals surface area contributed by atoms with Crippen LogP contribution in [0.3, 0.4) is 0 Å². The van der Waals surface area contributed by atoms with Gasteiger partial charge in [-0.25, -0.2) is 4.79 Å². The van der Waals surface area contributed by atoms with Crippen molar-refractivity contribution in [3.63, 3.8) is 0 Å². The second kappa shape index (κ2) is 10.2. The average Bonchev–Trinajstić information content (AvgIpc) is 3.47. The number of esters is 1. The van der Waals surface area contributed by atoms with Gasteiger partial charge in [0.2, 0.25) is 5.78 Å². The first kappa shape index (κ1) is 25.3. The summed E-state index contributed by atoms with van der Waals surface area (Å²) in [6.45, 7) is 1.94. The van der Waals surface area contributed by atoms with Gasteiger partial charge in [-0.05, 0) is 73.2 Å². The summed E-state index contributed by atoms with van der Waals surface area (Å²) in [5.74, 6) is -1.96. The van der Waals surface area contributed by atoms with E-state index in [9.17, 15) is 19.5 Å². The molecule has 3 aromatic carbocycles. The maximum atomic E-state index is 13.8. The van der Waals surface area contributed by atoms with Gasteiger partial charge in [-0.1, -0.05) is 28.1 Å². The lowest BCUT2D eigenvalue weighted by Crippen LogP contribution is -2.31. The molecule has 0 bridgehead atoms. The van der Waals surface area contributed by atoms with Crippen LogP contribution in [-0.2, 0) is 9.53 Å². The highest BCUT2D eigenvalue weighted by Crippen LogP contribution is 2.42. The van der Waals surface area contributed by atoms with E-state index in [1.54, 1.807) is 61.5 Å². The van der Waals surface area contributed by atoms with Gasteiger partial charge < -0.3 is 19.0 Å². The molecule has 0 aliphatic carbocycles. The van der Waals surface area contributed by atoms with Crippen molar-refractivity contribution in [2.75, 3.05) is 18.6 Å². The number of rotatable bonds is 7. The van der Waals surface area contributed by atoms with Crippen molar-refractivity contribution in [1.82, 2.24) is 0 Å². The minimum atomic E-state index is -0.964. The van der Waals surface area contributed by atoms with Crippen molar-refractivity contribution in [2.45, 2.75) is 13.0 Å². The van der Waals surface area contributed by atoms with Crippen molar-refractivity contribution >= 4 is 50.2 Å². The van der Waals surface area contributed by atoms with Gasteiger partial charge in [-0.15, -0.1) is 0 Å². The molecular weight excluding hydrogens is 554 g/mol. The maximum absolute atomic E-state index is 13.8. The van der Waals surface area contributed by atoms with Crippen LogP contribution in [0.1, 0.15) is 39.4 Å². The van der Waals surface area contributed by atoms with Gasteiger partial charge >= 0.3 is 5.97 Å². The number of anilines is 1. The van der Waals surface area contributed by atoms with Crippen LogP contribution < -0.4 is 9.64 Å². The number of amides is 1. The number of benzene rings is 3. The second-order valence-corrected chi connectivity index (χ2v) is 9.42. The highest BCUT2D eigenvalue weighted by Gasteiger charge is 2.45. The van der Waals surface area contributed by atoms with Crippen LogP contribution in [0.25, 0.3) is 11.0 Å². The first-order valence-corrected chi connectivity index (χ1v) is 12.5. The van der Waals surface area contributed by atoms with Crippen LogP contribution >= 0.6 is 15.9 Å². The van der Waals surface area contributed by atoms with E-state index in [0.29, 0.717) is 33.5 Å². The Bertz CT molecular complexity index is 1590. The van der Waals surface area contributed by atoms with Crippen LogP contribution in [0.5, 0.6) is 5.75 Å². The van der Waals surface area contributed by atoms with Crippen molar-refractivity contribution in [2.24, 2.45) is 0 Å². The summed E-state index contributed by atoms with van der Waals surface area (Å²) in [4.78, 5) is 40.6. The van der Waals surface area contributed by atoms with E-state index in [1.807, 2.05) is 6.07 Å². The van der Waals surface area contributed by atoms with Crippen molar-refractivity contribution in [3.05, 3.63) is 105 Å². The highest BCUT2D eigenvalue weighted by atomic mass is 79.9. The predicted octanol–water partition coefficient (Wildman–Crippen LogP) is 6.16. The van der Waals surface area contributed by atoms with E-state index < -0.39 is 29.5 Å². The molecule has 0 saturated carbocycles. The number of Topliss-reactive ketones (excluding diaryl/α,β-unsaturated/α-hetero) is 1. The monoisotopic (exact) mass is 575 g/mol. The van der Waals surface area contributed by atoms with Crippen LogP contribution in [0, 0.1) is 0 Å². The summed E-state index contributed by atoms with van der Waals surface area (Å²) < 4.78 is 16.9. The van der Waals surface area contributed by atoms with E-state index in [4.69, 9.17) is 13.9 Å². The van der Waals surface area contributed by atoms with Gasteiger partial charge in [-0.3, -0.25) is 14.5 Å². The molecule has 0 radical (unpaired) electrons. The number of nitrogens with zero attached hydrogens (tertiary/aromatic N) is 1. The molecule has 1 atom stereocenters. The Kier molecular flexibility index (Phi) is 6.77. The van der Waals surface area contributed by atoms with Gasteiger partial charge in [0.15, 0.2) is 11.5 Å². The van der Waals surface area contributed by atoms with Crippen LogP contribution in [0.2, 0.25) is 0 Å². The smallest absolute Gasteiger partial charge is 0.338 e. The maximum Gasteiger partial charge on any atom is 0.338 e. The summed E-state index contributed by atoms with van der Waals surface area (Å²) in [7, 11) is 1.53. The molecule has 2 heterocycles. The number of hydrogen-bond donors (Lipinski definition) is 1. The number of fused-ring (bicyclic) bond motifs is 1. The van der Waals surface area contributed by atoms with Gasteiger partial charge in [-0.2, -0.15) is 0 Å². The van der Waals surface area contributed by atoms with E-state index in [-0.39, 0.29) is 17.9 Å². The summed E-state index contributed by atoms with van der Waals surface area (Å²) >= 11 is 3.40. The number of carbonyl (C=O) groups is 3. The first-order valence-electron chi connectivity index (χ1n) is 11.7. The molecule has 0 spiro atoms. The lowest BCUT2D eigenvalue weighted by molar-refractivity contribution is -0.117. The number of aliphatic hydroxyl groups is 1. The molecule has 9 heteroatoms. The molecular formula is C29H22BrNO7. The fraction of sp³-hybridized carbons (Fsp3) is 0.138. The van der Waals surface area contributed by atoms with Crippen molar-refractivity contribution < 1.29 is 33.4 Å². The fourth-order valence-corrected chi connectivity index (χ4v) is 4.82. The number of halogens is 1. The van der Waals surface area contributed by atoms with Crippen LogP contribution in [0.4, 0.5) is 5.69 Å². The van der Waals surface area contributed by atoms with Gasteiger partial charge in [0.05, 0.1) is 30.9 Å². The SMILES string of the molecule is CCOC(=O)c1ccc(N2C(=O)C(O)=C(C(=O)c3cc4cc(Br)ccc4o3)C2c2ccc(OC)cc2)cc1. The molecule has 1 amide bonds. The topological polar surface area (TPSA) is 106 Å². The van der Waals surface area contributed by atoms with Gasteiger partial charge in [0.1, 0.15) is 11.3 Å². The number of aliphatic hydroxyl groups excluding tert-OH is 1. The predicted molar refractivity (Wildman–Crippen MR) is 144 cm³/mol. The molecule has 0 fully saturated rings. The highest BCUT2D eigenvalue weighted by molar-refractivity contribution is 9.10. The third-order valence-electron chi connectivity index (χ3n) is 6.24. The molecule has 192 valence electrons. The van der Waals surface area contributed by atoms with Crippen LogP contribution in [-0.4, -0.2) is 36.5 Å². The van der Waals surface area contributed by atoms with Crippen molar-refractivity contribution in [1.29, 1.82) is 0 Å². The Hall–Kier alpha value is -4.37. The molecule has 1 unspecified atom stereocenters. The molecule has 5 rings (SSSR count). The van der Waals surface area contributed by atoms with Crippen LogP contribution in [0.15, 0.2) is 93.0 Å². The number of carbonyl (C=O) groups excluding carboxylic acids is 3. The minimum absolute atomic E-state index is 0.00882. The van der Waals surface area contributed by atoms with Gasteiger partial charge in [0.25, 0.3) is 5.91 Å². The lowest BCUT2D eigenvalue weighted by Gasteiger charge is -2.27. The molecule has 8 nitrogen and oxygen atoms in total. The third-order valence-corrected chi connectivity index (χ3v) is 6.74. The number of ether oxygens (including phenoxy) is 2. The summed E-state index contributed by atoms with van der Waals surface area (Å²) in [5.41, 5.74) is 1.64. The molecule has 0 saturated heterocycles. The zero-order valence-corrected chi connectivity index (χ0v) is 22.0. The minimum Gasteiger partial charge on any atom is -0.503 e. The average molecular weight is 576 g/mol. The Balaban J connectivity index is 1.60. The standard InChI is InChI=1S/C29H22BrNO7/c1-3-37-29(35)17-4-9-20(10-5-17)31-25(16-6-11-21(36-2)12-7-16)24(27(33)28(31)34)26(32)23-15-18-14-19(30)8-13-22(18)38-23/h4-15,25,33H,3H2,1-2H3. The van der Waals surface area contributed by atoms with Gasteiger partial charge in [0, 0.05) is 15.5 Å². The zero-order chi connectivity index (χ0) is 27.0. The molecule has 1 N–H and O–H groups in total. The molecule has 38 heavy (non-hydrogen) atoms. The van der Waals surface area contributed by atoms with E-state index in [0.717, 1.165) is 4.47 Å². The number of methoxy groups -OCH3 is 1. The molecule has 1 aromatic heterocycles. The molecule has 1 aliphatic heterocycles. The Morgan fingerprint density at radius 1 is 1.03 bits per heavy atom. The third kappa shape index (κ3) is 4.45.